The van der Waals surface area contributed by atoms with Crippen LogP contribution in [0.5, 0.6) is 5.75 Å². The molecule has 1 aromatic rings. The number of alkyl halides is 1. The van der Waals surface area contributed by atoms with Gasteiger partial charge in [0.15, 0.2) is 0 Å². The first-order valence-electron chi connectivity index (χ1n) is 6.20. The van der Waals surface area contributed by atoms with Gasteiger partial charge in [-0.1, -0.05) is 29.8 Å². The maximum Gasteiger partial charge on any atom is 0.255 e. The molecule has 19 heavy (non-hydrogen) atoms. The fraction of sp³-hybridized carbons (Fsp3) is 0.500. The molecule has 5 heteroatoms. The summed E-state index contributed by atoms with van der Waals surface area (Å²) in [5.74, 6) is 1.29. The Morgan fingerprint density at radius 1 is 1.47 bits per heavy atom. The van der Waals surface area contributed by atoms with Crippen LogP contribution >= 0.6 is 27.5 Å². The summed E-state index contributed by atoms with van der Waals surface area (Å²) in [4.78, 5) is 12.3. The largest absolute Gasteiger partial charge is 0.496 e. The average molecular weight is 349 g/mol. The minimum atomic E-state index is -0.131. The molecule has 0 aliphatic rings. The van der Waals surface area contributed by atoms with Crippen molar-refractivity contribution in [1.82, 2.24) is 5.32 Å². The Kier molecular flexibility index (Phi) is 6.66. The number of ether oxygens (including phenoxy) is 1. The SMILES string of the molecule is COc1cc(Br)ccc1C(=O)NC(CCCl)C(C)C. The van der Waals surface area contributed by atoms with Gasteiger partial charge in [-0.25, -0.2) is 0 Å². The first-order chi connectivity index (χ1) is 8.99. The lowest BCUT2D eigenvalue weighted by Gasteiger charge is -2.22. The van der Waals surface area contributed by atoms with E-state index in [1.165, 1.54) is 0 Å². The fourth-order valence-electron chi connectivity index (χ4n) is 1.79. The molecule has 0 radical (unpaired) electrons. The van der Waals surface area contributed by atoms with E-state index < -0.39 is 0 Å². The summed E-state index contributed by atoms with van der Waals surface area (Å²) >= 11 is 9.12. The second kappa shape index (κ2) is 7.75. The van der Waals surface area contributed by atoms with E-state index in [0.717, 1.165) is 10.9 Å². The van der Waals surface area contributed by atoms with Crippen molar-refractivity contribution in [2.45, 2.75) is 26.3 Å². The first-order valence-corrected chi connectivity index (χ1v) is 7.52. The van der Waals surface area contributed by atoms with E-state index in [1.807, 2.05) is 6.07 Å². The van der Waals surface area contributed by atoms with Crippen LogP contribution in [-0.4, -0.2) is 24.9 Å². The van der Waals surface area contributed by atoms with Crippen LogP contribution in [-0.2, 0) is 0 Å². The lowest BCUT2D eigenvalue weighted by molar-refractivity contribution is 0.0922. The molecule has 0 aromatic heterocycles. The number of benzene rings is 1. The molecule has 0 saturated carbocycles. The summed E-state index contributed by atoms with van der Waals surface area (Å²) in [5, 5.41) is 3.01. The van der Waals surface area contributed by atoms with Crippen LogP contribution < -0.4 is 10.1 Å². The number of nitrogens with one attached hydrogen (secondary N) is 1. The predicted octanol–water partition coefficient (Wildman–Crippen LogP) is 3.84. The van der Waals surface area contributed by atoms with E-state index in [9.17, 15) is 4.79 Å². The van der Waals surface area contributed by atoms with Crippen molar-refractivity contribution in [2.75, 3.05) is 13.0 Å². The third kappa shape index (κ3) is 4.69. The number of hydrogen-bond donors (Lipinski definition) is 1. The van der Waals surface area contributed by atoms with E-state index >= 15 is 0 Å². The van der Waals surface area contributed by atoms with Gasteiger partial charge < -0.3 is 10.1 Å². The van der Waals surface area contributed by atoms with Gasteiger partial charge in [-0.2, -0.15) is 0 Å². The number of rotatable bonds is 6. The van der Waals surface area contributed by atoms with Gasteiger partial charge in [-0.05, 0) is 30.5 Å². The molecule has 106 valence electrons. The van der Waals surface area contributed by atoms with Crippen molar-refractivity contribution in [2.24, 2.45) is 5.92 Å². The fourth-order valence-corrected chi connectivity index (χ4v) is 2.36. The summed E-state index contributed by atoms with van der Waals surface area (Å²) in [5.41, 5.74) is 0.533. The second-order valence-electron chi connectivity index (χ2n) is 4.65. The standard InChI is InChI=1S/C14H19BrClNO2/c1-9(2)12(6-7-16)17-14(18)11-5-4-10(15)8-13(11)19-3/h4-5,8-9,12H,6-7H2,1-3H3,(H,17,18). The molecule has 0 aliphatic heterocycles. The summed E-state index contributed by atoms with van der Waals surface area (Å²) < 4.78 is 6.11. The van der Waals surface area contributed by atoms with E-state index in [2.05, 4.69) is 35.1 Å². The van der Waals surface area contributed by atoms with E-state index in [0.29, 0.717) is 23.1 Å². The minimum absolute atomic E-state index is 0.0679. The normalized spacial score (nSPS) is 12.3. The quantitative estimate of drug-likeness (QED) is 0.793. The van der Waals surface area contributed by atoms with Crippen molar-refractivity contribution < 1.29 is 9.53 Å². The molecular formula is C14H19BrClNO2. The maximum absolute atomic E-state index is 12.3. The Bertz CT molecular complexity index is 437. The van der Waals surface area contributed by atoms with Crippen LogP contribution in [0, 0.1) is 5.92 Å². The molecule has 0 saturated heterocycles. The Labute approximate surface area is 127 Å². The Morgan fingerprint density at radius 3 is 2.68 bits per heavy atom. The van der Waals surface area contributed by atoms with Crippen molar-refractivity contribution in [3.8, 4) is 5.75 Å². The summed E-state index contributed by atoms with van der Waals surface area (Å²) in [7, 11) is 1.55. The van der Waals surface area contributed by atoms with Crippen LogP contribution in [0.1, 0.15) is 30.6 Å². The second-order valence-corrected chi connectivity index (χ2v) is 5.94. The first kappa shape index (κ1) is 16.3. The van der Waals surface area contributed by atoms with Gasteiger partial charge >= 0.3 is 0 Å². The third-order valence-corrected chi connectivity index (χ3v) is 3.66. The Hall–Kier alpha value is -0.740. The summed E-state index contributed by atoms with van der Waals surface area (Å²) in [6.07, 6.45) is 0.754. The van der Waals surface area contributed by atoms with Crippen LogP contribution in [0.15, 0.2) is 22.7 Å². The average Bonchev–Trinajstić information content (AvgIpc) is 2.37. The molecule has 0 heterocycles. The minimum Gasteiger partial charge on any atom is -0.496 e. The zero-order valence-corrected chi connectivity index (χ0v) is 13.7. The molecule has 0 fully saturated rings. The molecule has 1 atom stereocenters. The summed E-state index contributed by atoms with van der Waals surface area (Å²) in [6.45, 7) is 4.13. The molecule has 3 nitrogen and oxygen atoms in total. The number of carbonyl (C=O) groups excluding carboxylic acids is 1. The smallest absolute Gasteiger partial charge is 0.255 e. The lowest BCUT2D eigenvalue weighted by atomic mass is 10.0. The summed E-state index contributed by atoms with van der Waals surface area (Å²) in [6, 6.07) is 5.42. The zero-order valence-electron chi connectivity index (χ0n) is 11.4. The molecule has 1 aromatic carbocycles. The number of amides is 1. The maximum atomic E-state index is 12.3. The number of hydrogen-bond acceptors (Lipinski definition) is 2. The molecule has 1 amide bonds. The van der Waals surface area contributed by atoms with E-state index in [-0.39, 0.29) is 11.9 Å². The number of carbonyl (C=O) groups is 1. The van der Waals surface area contributed by atoms with E-state index in [4.69, 9.17) is 16.3 Å². The van der Waals surface area contributed by atoms with Gasteiger partial charge in [0, 0.05) is 16.4 Å². The highest BCUT2D eigenvalue weighted by Crippen LogP contribution is 2.23. The van der Waals surface area contributed by atoms with Gasteiger partial charge in [-0.3, -0.25) is 4.79 Å². The Balaban J connectivity index is 2.88. The van der Waals surface area contributed by atoms with Gasteiger partial charge in [0.1, 0.15) is 5.75 Å². The van der Waals surface area contributed by atoms with Crippen molar-refractivity contribution in [3.05, 3.63) is 28.2 Å². The number of halogens is 2. The molecule has 1 N–H and O–H groups in total. The van der Waals surface area contributed by atoms with Crippen molar-refractivity contribution in [1.29, 1.82) is 0 Å². The zero-order chi connectivity index (χ0) is 14.4. The van der Waals surface area contributed by atoms with Crippen LogP contribution in [0.2, 0.25) is 0 Å². The molecule has 1 rings (SSSR count). The van der Waals surface area contributed by atoms with Gasteiger partial charge in [0.25, 0.3) is 5.91 Å². The monoisotopic (exact) mass is 347 g/mol. The molecular weight excluding hydrogens is 330 g/mol. The van der Waals surface area contributed by atoms with Gasteiger partial charge in [-0.15, -0.1) is 11.6 Å². The highest BCUT2D eigenvalue weighted by atomic mass is 79.9. The molecule has 1 unspecified atom stereocenters. The lowest BCUT2D eigenvalue weighted by Crippen LogP contribution is -2.39. The predicted molar refractivity (Wildman–Crippen MR) is 82.1 cm³/mol. The molecule has 0 spiro atoms. The van der Waals surface area contributed by atoms with Crippen molar-refractivity contribution in [3.63, 3.8) is 0 Å². The Morgan fingerprint density at radius 2 is 2.16 bits per heavy atom. The topological polar surface area (TPSA) is 38.3 Å². The van der Waals surface area contributed by atoms with E-state index in [1.54, 1.807) is 19.2 Å². The van der Waals surface area contributed by atoms with Crippen LogP contribution in [0.3, 0.4) is 0 Å². The molecule has 0 bridgehead atoms. The highest BCUT2D eigenvalue weighted by molar-refractivity contribution is 9.10. The van der Waals surface area contributed by atoms with Crippen molar-refractivity contribution >= 4 is 33.4 Å². The third-order valence-electron chi connectivity index (χ3n) is 2.95. The molecule has 0 aliphatic carbocycles. The van der Waals surface area contributed by atoms with Crippen LogP contribution in [0.25, 0.3) is 0 Å². The van der Waals surface area contributed by atoms with Crippen LogP contribution in [0.4, 0.5) is 0 Å². The van der Waals surface area contributed by atoms with Gasteiger partial charge in [0.05, 0.1) is 12.7 Å². The number of methoxy groups -OCH3 is 1. The van der Waals surface area contributed by atoms with Gasteiger partial charge in [0.2, 0.25) is 0 Å². The highest BCUT2D eigenvalue weighted by Gasteiger charge is 2.19.